The number of amides is 1. The van der Waals surface area contributed by atoms with Gasteiger partial charge in [-0.05, 0) is 36.2 Å². The zero-order valence-electron chi connectivity index (χ0n) is 16.1. The summed E-state index contributed by atoms with van der Waals surface area (Å²) >= 11 is 1.37. The number of thioether (sulfide) groups is 1. The van der Waals surface area contributed by atoms with Gasteiger partial charge in [0.05, 0.1) is 10.6 Å². The van der Waals surface area contributed by atoms with Gasteiger partial charge in [-0.2, -0.15) is 4.31 Å². The van der Waals surface area contributed by atoms with Crippen LogP contribution in [0.5, 0.6) is 0 Å². The maximum Gasteiger partial charge on any atom is 0.243 e. The van der Waals surface area contributed by atoms with Crippen molar-refractivity contribution in [2.75, 3.05) is 33.1 Å². The quantitative estimate of drug-likeness (QED) is 0.445. The van der Waals surface area contributed by atoms with Gasteiger partial charge >= 0.3 is 0 Å². The van der Waals surface area contributed by atoms with Crippen molar-refractivity contribution in [3.63, 3.8) is 0 Å². The molecule has 0 bridgehead atoms. The van der Waals surface area contributed by atoms with Crippen molar-refractivity contribution in [1.82, 2.24) is 9.62 Å². The summed E-state index contributed by atoms with van der Waals surface area (Å²) in [6.07, 6.45) is 0.774. The van der Waals surface area contributed by atoms with Crippen LogP contribution in [0.15, 0.2) is 64.4 Å². The summed E-state index contributed by atoms with van der Waals surface area (Å²) < 4.78 is 31.7. The Hall–Kier alpha value is -1.87. The van der Waals surface area contributed by atoms with Crippen molar-refractivity contribution in [3.8, 4) is 0 Å². The molecule has 0 fully saturated rings. The Bertz CT molecular complexity index is 840. The maximum absolute atomic E-state index is 12.7. The van der Waals surface area contributed by atoms with Crippen LogP contribution in [-0.4, -0.2) is 51.7 Å². The minimum atomic E-state index is -3.57. The third-order valence-corrected chi connectivity index (χ3v) is 6.83. The number of hydrogen-bond acceptors (Lipinski definition) is 5. The van der Waals surface area contributed by atoms with Crippen LogP contribution in [-0.2, 0) is 26.1 Å². The van der Waals surface area contributed by atoms with E-state index in [1.54, 1.807) is 38.4 Å². The Morgan fingerprint density at radius 3 is 2.43 bits per heavy atom. The van der Waals surface area contributed by atoms with E-state index in [4.69, 9.17) is 4.74 Å². The smallest absolute Gasteiger partial charge is 0.243 e. The van der Waals surface area contributed by atoms with Crippen LogP contribution in [0.1, 0.15) is 12.0 Å². The first-order valence-electron chi connectivity index (χ1n) is 8.92. The number of nitrogens with zero attached hydrogens (tertiary/aromatic N) is 1. The number of nitrogens with one attached hydrogen (secondary N) is 1. The lowest BCUT2D eigenvalue weighted by molar-refractivity contribution is -0.118. The van der Waals surface area contributed by atoms with Gasteiger partial charge in [0.2, 0.25) is 15.9 Å². The monoisotopic (exact) mass is 422 g/mol. The second kappa shape index (κ2) is 11.2. The Morgan fingerprint density at radius 2 is 1.79 bits per heavy atom. The van der Waals surface area contributed by atoms with E-state index in [-0.39, 0.29) is 16.6 Å². The molecule has 0 spiro atoms. The van der Waals surface area contributed by atoms with E-state index < -0.39 is 10.0 Å². The first-order valence-corrected chi connectivity index (χ1v) is 11.3. The van der Waals surface area contributed by atoms with Crippen LogP contribution in [0.4, 0.5) is 0 Å². The van der Waals surface area contributed by atoms with Crippen molar-refractivity contribution in [3.05, 3.63) is 60.2 Å². The van der Waals surface area contributed by atoms with Crippen LogP contribution >= 0.6 is 11.8 Å². The minimum absolute atomic E-state index is 0.0552. The molecule has 1 amide bonds. The summed E-state index contributed by atoms with van der Waals surface area (Å²) in [7, 11) is -0.375. The molecule has 0 atom stereocenters. The van der Waals surface area contributed by atoms with Gasteiger partial charge in [0, 0.05) is 38.7 Å². The van der Waals surface area contributed by atoms with Crippen molar-refractivity contribution in [2.45, 2.75) is 22.8 Å². The minimum Gasteiger partial charge on any atom is -0.385 e. The largest absolute Gasteiger partial charge is 0.385 e. The molecule has 2 aromatic carbocycles. The van der Waals surface area contributed by atoms with Crippen LogP contribution in [0, 0.1) is 0 Å². The molecule has 2 aromatic rings. The summed E-state index contributed by atoms with van der Waals surface area (Å²) in [6.45, 7) is 1.50. The second-order valence-corrected chi connectivity index (χ2v) is 9.30. The molecule has 0 unspecified atom stereocenters. The lowest BCUT2D eigenvalue weighted by atomic mass is 10.2. The van der Waals surface area contributed by atoms with Crippen molar-refractivity contribution in [2.24, 2.45) is 0 Å². The number of methoxy groups -OCH3 is 1. The molecule has 152 valence electrons. The molecule has 6 nitrogen and oxygen atoms in total. The summed E-state index contributed by atoms with van der Waals surface area (Å²) in [6, 6.07) is 16.1. The van der Waals surface area contributed by atoms with E-state index in [0.29, 0.717) is 19.7 Å². The fourth-order valence-corrected chi connectivity index (χ4v) is 4.34. The average Bonchev–Trinajstić information content (AvgIpc) is 2.70. The van der Waals surface area contributed by atoms with Crippen molar-refractivity contribution in [1.29, 1.82) is 0 Å². The molecular weight excluding hydrogens is 396 g/mol. The summed E-state index contributed by atoms with van der Waals surface area (Å²) in [5.41, 5.74) is 0.928. The van der Waals surface area contributed by atoms with Gasteiger partial charge in [0.25, 0.3) is 0 Å². The number of carbonyl (C=O) groups excluding carboxylic acids is 1. The SMILES string of the molecule is COCCCNC(=O)CSc1ccc(S(=O)(=O)N(C)Cc2ccccc2)cc1. The molecule has 0 saturated heterocycles. The van der Waals surface area contributed by atoms with Gasteiger partial charge in [-0.3, -0.25) is 4.79 Å². The number of carbonyl (C=O) groups is 1. The second-order valence-electron chi connectivity index (χ2n) is 6.20. The van der Waals surface area contributed by atoms with E-state index in [2.05, 4.69) is 5.32 Å². The number of rotatable bonds is 11. The van der Waals surface area contributed by atoms with Crippen molar-refractivity contribution < 1.29 is 17.9 Å². The fraction of sp³-hybridized carbons (Fsp3) is 0.350. The molecule has 0 radical (unpaired) electrons. The predicted octanol–water partition coefficient (Wildman–Crippen LogP) is 2.75. The maximum atomic E-state index is 12.7. The highest BCUT2D eigenvalue weighted by Crippen LogP contribution is 2.22. The molecule has 0 aliphatic rings. The molecule has 0 heterocycles. The van der Waals surface area contributed by atoms with Gasteiger partial charge in [0.1, 0.15) is 0 Å². The van der Waals surface area contributed by atoms with E-state index >= 15 is 0 Å². The number of sulfonamides is 1. The van der Waals surface area contributed by atoms with Crippen molar-refractivity contribution >= 4 is 27.7 Å². The summed E-state index contributed by atoms with van der Waals surface area (Å²) in [4.78, 5) is 12.9. The molecule has 0 saturated carbocycles. The molecule has 0 aromatic heterocycles. The highest BCUT2D eigenvalue weighted by Gasteiger charge is 2.20. The standard InChI is InChI=1S/C20H26N2O4S2/c1-22(15-17-7-4-3-5-8-17)28(24,25)19-11-9-18(10-12-19)27-16-20(23)21-13-6-14-26-2/h3-5,7-12H,6,13-16H2,1-2H3,(H,21,23). The zero-order valence-corrected chi connectivity index (χ0v) is 17.8. The summed E-state index contributed by atoms with van der Waals surface area (Å²) in [5.74, 6) is 0.230. The average molecular weight is 423 g/mol. The lowest BCUT2D eigenvalue weighted by Crippen LogP contribution is -2.27. The number of ether oxygens (including phenoxy) is 1. The first-order chi connectivity index (χ1) is 13.4. The predicted molar refractivity (Wildman–Crippen MR) is 112 cm³/mol. The van der Waals surface area contributed by atoms with Gasteiger partial charge in [-0.25, -0.2) is 8.42 Å². The number of hydrogen-bond donors (Lipinski definition) is 1. The van der Waals surface area contributed by atoms with Gasteiger partial charge in [-0.15, -0.1) is 11.8 Å². The van der Waals surface area contributed by atoms with E-state index in [0.717, 1.165) is 16.9 Å². The number of benzene rings is 2. The van der Waals surface area contributed by atoms with E-state index in [1.807, 2.05) is 30.3 Å². The van der Waals surface area contributed by atoms with E-state index in [9.17, 15) is 13.2 Å². The molecule has 28 heavy (non-hydrogen) atoms. The molecule has 2 rings (SSSR count). The Kier molecular flexibility index (Phi) is 8.98. The molecule has 8 heteroatoms. The summed E-state index contributed by atoms with van der Waals surface area (Å²) in [5, 5.41) is 2.82. The Balaban J connectivity index is 1.89. The molecular formula is C20H26N2O4S2. The van der Waals surface area contributed by atoms with E-state index in [1.165, 1.54) is 16.1 Å². The lowest BCUT2D eigenvalue weighted by Gasteiger charge is -2.17. The topological polar surface area (TPSA) is 75.7 Å². The Labute approximate surface area is 171 Å². The third-order valence-electron chi connectivity index (χ3n) is 4.00. The van der Waals surface area contributed by atoms with Crippen LogP contribution < -0.4 is 5.32 Å². The van der Waals surface area contributed by atoms with Crippen LogP contribution in [0.3, 0.4) is 0 Å². The molecule has 0 aliphatic heterocycles. The highest BCUT2D eigenvalue weighted by molar-refractivity contribution is 8.00. The Morgan fingerprint density at radius 1 is 1.11 bits per heavy atom. The third kappa shape index (κ3) is 6.94. The molecule has 1 N–H and O–H groups in total. The normalized spacial score (nSPS) is 11.5. The first kappa shape index (κ1) is 22.4. The van der Waals surface area contributed by atoms with Crippen LogP contribution in [0.25, 0.3) is 0 Å². The van der Waals surface area contributed by atoms with Gasteiger partial charge in [0.15, 0.2) is 0 Å². The molecule has 0 aliphatic carbocycles. The highest BCUT2D eigenvalue weighted by atomic mass is 32.2. The van der Waals surface area contributed by atoms with Crippen LogP contribution in [0.2, 0.25) is 0 Å². The van der Waals surface area contributed by atoms with Gasteiger partial charge < -0.3 is 10.1 Å². The zero-order chi connectivity index (χ0) is 20.4. The fourth-order valence-electron chi connectivity index (χ4n) is 2.46. The van der Waals surface area contributed by atoms with Gasteiger partial charge in [-0.1, -0.05) is 30.3 Å².